The van der Waals surface area contributed by atoms with Crippen LogP contribution in [0.15, 0.2) is 12.2 Å². The molecule has 0 saturated carbocycles. The molecular weight excluding hydrogens is 374 g/mol. The number of likely N-dealkylation sites (N-methyl/N-ethyl adjacent to an activating group) is 1. The van der Waals surface area contributed by atoms with Crippen LogP contribution < -0.4 is 11.1 Å². The molecule has 4 N–H and O–H groups in total. The number of amides is 1. The van der Waals surface area contributed by atoms with Gasteiger partial charge >= 0.3 is 65.1 Å². The van der Waals surface area contributed by atoms with E-state index >= 15 is 0 Å². The van der Waals surface area contributed by atoms with Crippen LogP contribution in [0.1, 0.15) is 96.8 Å². The molecular formula is C21H44N2Na2O3. The molecule has 0 radical (unpaired) electrons. The van der Waals surface area contributed by atoms with Crippen molar-refractivity contribution in [1.82, 2.24) is 5.32 Å². The molecule has 0 unspecified atom stereocenters. The van der Waals surface area contributed by atoms with E-state index in [1.807, 2.05) is 0 Å². The fourth-order valence-corrected chi connectivity index (χ4v) is 2.52. The summed E-state index contributed by atoms with van der Waals surface area (Å²) in [6.45, 7) is 2.31. The summed E-state index contributed by atoms with van der Waals surface area (Å²) in [5.74, 6) is -0.986. The summed E-state index contributed by atoms with van der Waals surface area (Å²) in [6, 6.07) is 0. The molecule has 0 heterocycles. The van der Waals surface area contributed by atoms with E-state index < -0.39 is 5.97 Å². The number of carbonyl (C=O) groups excluding carboxylic acids is 1. The van der Waals surface area contributed by atoms with Crippen LogP contribution in [0.5, 0.6) is 0 Å². The first kappa shape index (κ1) is 36.0. The number of nitrogens with two attached hydrogens (primary N) is 1. The third-order valence-electron chi connectivity index (χ3n) is 4.01. The molecule has 7 heteroatoms. The average molecular weight is 419 g/mol. The molecule has 0 aliphatic rings. The molecule has 1 amide bonds. The maximum absolute atomic E-state index is 10.5. The number of carboxylic acids is 1. The monoisotopic (exact) mass is 418 g/mol. The van der Waals surface area contributed by atoms with Crippen LogP contribution in [0.2, 0.25) is 0 Å². The number of rotatable bonds is 17. The van der Waals surface area contributed by atoms with Crippen molar-refractivity contribution in [3.8, 4) is 0 Å². The Morgan fingerprint density at radius 3 is 1.61 bits per heavy atom. The maximum atomic E-state index is 10.5. The molecule has 0 fully saturated rings. The summed E-state index contributed by atoms with van der Waals surface area (Å²) in [5, 5.41) is 10.3. The van der Waals surface area contributed by atoms with Crippen molar-refractivity contribution < 1.29 is 14.7 Å². The Morgan fingerprint density at radius 1 is 0.821 bits per heavy atom. The molecule has 0 aromatic heterocycles. The molecule has 5 nitrogen and oxygen atoms in total. The quantitative estimate of drug-likeness (QED) is 0.191. The second-order valence-electron chi connectivity index (χ2n) is 6.72. The summed E-state index contributed by atoms with van der Waals surface area (Å²) in [4.78, 5) is 20.1. The average Bonchev–Trinajstić information content (AvgIpc) is 2.58. The van der Waals surface area contributed by atoms with Crippen LogP contribution in [-0.4, -0.2) is 89.7 Å². The minimum absolute atomic E-state index is 0. The van der Waals surface area contributed by atoms with E-state index in [-0.39, 0.29) is 71.6 Å². The zero-order chi connectivity index (χ0) is 19.9. The number of allylic oxidation sites excluding steroid dienone is 2. The molecule has 0 rings (SSSR count). The van der Waals surface area contributed by atoms with E-state index in [1.165, 1.54) is 70.6 Å². The summed E-state index contributed by atoms with van der Waals surface area (Å²) in [7, 11) is 1.59. The van der Waals surface area contributed by atoms with Gasteiger partial charge in [-0.1, -0.05) is 70.4 Å². The van der Waals surface area contributed by atoms with Crippen molar-refractivity contribution in [1.29, 1.82) is 0 Å². The fourth-order valence-electron chi connectivity index (χ4n) is 2.52. The Bertz CT molecular complexity index is 355. The number of hydrogen-bond donors (Lipinski definition) is 3. The van der Waals surface area contributed by atoms with E-state index in [2.05, 4.69) is 24.4 Å². The number of nitrogens with one attached hydrogen (secondary N) is 1. The molecule has 0 aliphatic heterocycles. The number of unbranched alkanes of at least 4 members (excludes halogenated alkanes) is 11. The third kappa shape index (κ3) is 41.1. The topological polar surface area (TPSA) is 92.4 Å². The van der Waals surface area contributed by atoms with Crippen molar-refractivity contribution in [2.24, 2.45) is 5.73 Å². The molecule has 0 saturated heterocycles. The van der Waals surface area contributed by atoms with Gasteiger partial charge in [0.1, 0.15) is 0 Å². The van der Waals surface area contributed by atoms with E-state index in [1.54, 1.807) is 7.05 Å². The zero-order valence-electron chi connectivity index (χ0n) is 17.1. The zero-order valence-corrected chi connectivity index (χ0v) is 17.1. The number of hydrogen-bond acceptors (Lipinski definition) is 3. The van der Waals surface area contributed by atoms with Gasteiger partial charge in [-0.05, 0) is 39.2 Å². The second-order valence-corrected chi connectivity index (χ2v) is 6.72. The van der Waals surface area contributed by atoms with Crippen LogP contribution in [0, 0.1) is 0 Å². The molecule has 28 heavy (non-hydrogen) atoms. The Kier molecular flexibility index (Phi) is 41.6. The summed E-state index contributed by atoms with van der Waals surface area (Å²) < 4.78 is 0. The Balaban J connectivity index is -0.000000312. The van der Waals surface area contributed by atoms with Crippen molar-refractivity contribution >= 4 is 71.0 Å². The number of carboxylic acid groups (broad SMARTS) is 1. The first-order valence-corrected chi connectivity index (χ1v) is 10.3. The predicted octanol–water partition coefficient (Wildman–Crippen LogP) is 3.50. The van der Waals surface area contributed by atoms with Gasteiger partial charge in [-0.25, -0.2) is 0 Å². The molecule has 0 aromatic rings. The van der Waals surface area contributed by atoms with E-state index in [4.69, 9.17) is 10.8 Å². The van der Waals surface area contributed by atoms with Gasteiger partial charge in [-0.15, -0.1) is 0 Å². The molecule has 0 aliphatic carbocycles. The van der Waals surface area contributed by atoms with Crippen molar-refractivity contribution in [3.05, 3.63) is 12.2 Å². The van der Waals surface area contributed by atoms with Gasteiger partial charge in [0.2, 0.25) is 5.91 Å². The van der Waals surface area contributed by atoms with Gasteiger partial charge in [0.25, 0.3) is 0 Å². The van der Waals surface area contributed by atoms with Gasteiger partial charge in [0, 0.05) is 6.42 Å². The van der Waals surface area contributed by atoms with Gasteiger partial charge in [-0.2, -0.15) is 0 Å². The Hall–Kier alpha value is 0.640. The SMILES string of the molecule is CCCCCCCC/C=C\CCCCCCCC(N)=O.CNCC(=O)O.[NaH].[NaH]. The molecule has 0 aromatic carbocycles. The predicted molar refractivity (Wildman–Crippen MR) is 125 cm³/mol. The number of aliphatic carboxylic acids is 1. The van der Waals surface area contributed by atoms with Gasteiger partial charge in [-0.3, -0.25) is 9.59 Å². The third-order valence-corrected chi connectivity index (χ3v) is 4.01. The molecule has 158 valence electrons. The van der Waals surface area contributed by atoms with Gasteiger partial charge in [0.15, 0.2) is 0 Å². The Morgan fingerprint density at radius 2 is 1.25 bits per heavy atom. The second kappa shape index (κ2) is 32.3. The minimum atomic E-state index is -0.822. The Labute approximate surface area is 217 Å². The fraction of sp³-hybridized carbons (Fsp3) is 0.810. The normalized spacial score (nSPS) is 9.79. The standard InChI is InChI=1S/C18H35NO.C3H7NO2.2Na.2H/c1-2-3-4-5-6-7-8-9-10-11-12-13-14-15-16-17-18(19)20;1-4-2-3(5)6;;;;/h9-10H,2-8,11-17H2,1H3,(H2,19,20);4H,2H2,1H3,(H,5,6);;;;/b10-9-;;;;;. The summed E-state index contributed by atoms with van der Waals surface area (Å²) in [5.41, 5.74) is 5.10. The van der Waals surface area contributed by atoms with Crippen molar-refractivity contribution in [2.75, 3.05) is 13.6 Å². The van der Waals surface area contributed by atoms with E-state index in [0.29, 0.717) is 6.42 Å². The van der Waals surface area contributed by atoms with Crippen LogP contribution in [0.3, 0.4) is 0 Å². The molecule has 0 bridgehead atoms. The van der Waals surface area contributed by atoms with Gasteiger partial charge < -0.3 is 16.2 Å². The number of carbonyl (C=O) groups is 2. The van der Waals surface area contributed by atoms with Crippen LogP contribution in [0.25, 0.3) is 0 Å². The first-order valence-electron chi connectivity index (χ1n) is 10.3. The van der Waals surface area contributed by atoms with Crippen molar-refractivity contribution in [3.63, 3.8) is 0 Å². The summed E-state index contributed by atoms with van der Waals surface area (Å²) in [6.07, 6.45) is 21.9. The van der Waals surface area contributed by atoms with Crippen LogP contribution >= 0.6 is 0 Å². The van der Waals surface area contributed by atoms with E-state index in [9.17, 15) is 9.59 Å². The van der Waals surface area contributed by atoms with Gasteiger partial charge in [0.05, 0.1) is 6.54 Å². The van der Waals surface area contributed by atoms with Crippen LogP contribution in [-0.2, 0) is 9.59 Å². The molecule has 0 spiro atoms. The molecule has 0 atom stereocenters. The summed E-state index contributed by atoms with van der Waals surface area (Å²) >= 11 is 0. The van der Waals surface area contributed by atoms with E-state index in [0.717, 1.165) is 12.8 Å². The number of primary amides is 1. The van der Waals surface area contributed by atoms with Crippen molar-refractivity contribution in [2.45, 2.75) is 96.8 Å². The first-order chi connectivity index (χ1) is 12.5. The van der Waals surface area contributed by atoms with Crippen LogP contribution in [0.4, 0.5) is 0 Å².